The van der Waals surface area contributed by atoms with Gasteiger partial charge in [-0.05, 0) is 63.7 Å². The van der Waals surface area contributed by atoms with Crippen LogP contribution in [0.2, 0.25) is 0 Å². The Kier molecular flexibility index (Phi) is 7.19. The lowest BCUT2D eigenvalue weighted by atomic mass is 9.93. The number of carbonyl (C=O) groups excluding carboxylic acids is 3. The molecule has 1 saturated heterocycles. The maximum Gasteiger partial charge on any atom is 0.410 e. The highest BCUT2D eigenvalue weighted by Crippen LogP contribution is 2.41. The van der Waals surface area contributed by atoms with Gasteiger partial charge in [-0.15, -0.1) is 0 Å². The molecule has 0 aromatic rings. The van der Waals surface area contributed by atoms with Crippen molar-refractivity contribution in [2.75, 3.05) is 6.54 Å². The van der Waals surface area contributed by atoms with E-state index < -0.39 is 35.8 Å². The van der Waals surface area contributed by atoms with Crippen molar-refractivity contribution in [3.63, 3.8) is 0 Å². The number of aliphatic hydroxyl groups is 1. The molecule has 0 bridgehead atoms. The van der Waals surface area contributed by atoms with Gasteiger partial charge in [0.15, 0.2) is 6.10 Å². The van der Waals surface area contributed by atoms with Crippen LogP contribution >= 0.6 is 0 Å². The fourth-order valence-electron chi connectivity index (χ4n) is 3.92. The molecule has 4 N–H and O–H groups in total. The van der Waals surface area contributed by atoms with E-state index >= 15 is 0 Å². The third-order valence-electron chi connectivity index (χ3n) is 6.04. The zero-order valence-electron chi connectivity index (χ0n) is 18.5. The largest absolute Gasteiger partial charge is 0.444 e. The number of ether oxygens (including phenoxy) is 1. The fraction of sp³-hybridized carbons (Fsp3) is 0.857. The number of hydrogen-bond donors (Lipinski definition) is 3. The molecule has 29 heavy (non-hydrogen) atoms. The number of nitrogens with zero attached hydrogens (tertiary/aromatic N) is 1. The molecule has 8 nitrogen and oxygen atoms in total. The smallest absolute Gasteiger partial charge is 0.410 e. The number of nitrogens with two attached hydrogens (primary N) is 1. The highest BCUT2D eigenvalue weighted by molar-refractivity contribution is 5.87. The normalized spacial score (nSPS) is 28.8. The standard InChI is InChI=1S/C21H37N3O5/c1-11(2)14-9-16(24(10-14)20(28)29-21(4,5)6)19(27)23-15(17(25)18(22)26)8-13-7-12(13)3/h11-17,25H,7-10H2,1-6H3,(H2,22,26)(H,23,27)/t12-,13+,14?,15?,16-,17?/m0/s1. The van der Waals surface area contributed by atoms with Gasteiger partial charge in [-0.3, -0.25) is 14.5 Å². The summed E-state index contributed by atoms with van der Waals surface area (Å²) in [5, 5.41) is 13.0. The molecule has 1 saturated carbocycles. The SMILES string of the molecule is CC(C)C1C[C@@H](C(=O)NC(C[C@H]2C[C@@H]2C)C(O)C(N)=O)N(C(=O)OC(C)(C)C)C1. The van der Waals surface area contributed by atoms with Crippen LogP contribution in [-0.2, 0) is 14.3 Å². The lowest BCUT2D eigenvalue weighted by Gasteiger charge is -2.30. The van der Waals surface area contributed by atoms with Gasteiger partial charge in [0, 0.05) is 6.54 Å². The van der Waals surface area contributed by atoms with Gasteiger partial charge in [-0.1, -0.05) is 20.8 Å². The van der Waals surface area contributed by atoms with E-state index in [1.807, 2.05) is 0 Å². The molecular formula is C21H37N3O5. The van der Waals surface area contributed by atoms with Gasteiger partial charge in [0.05, 0.1) is 6.04 Å². The van der Waals surface area contributed by atoms with E-state index in [9.17, 15) is 19.5 Å². The number of aliphatic hydroxyl groups excluding tert-OH is 1. The quantitative estimate of drug-likeness (QED) is 0.588. The Balaban J connectivity index is 2.14. The summed E-state index contributed by atoms with van der Waals surface area (Å²) in [6.45, 7) is 12.0. The van der Waals surface area contributed by atoms with E-state index in [4.69, 9.17) is 10.5 Å². The fourth-order valence-corrected chi connectivity index (χ4v) is 3.92. The second-order valence-electron chi connectivity index (χ2n) is 10.1. The van der Waals surface area contributed by atoms with Crippen molar-refractivity contribution in [2.45, 2.75) is 84.6 Å². The van der Waals surface area contributed by atoms with Crippen LogP contribution in [0.4, 0.5) is 4.79 Å². The summed E-state index contributed by atoms with van der Waals surface area (Å²) in [7, 11) is 0. The summed E-state index contributed by atoms with van der Waals surface area (Å²) in [5.74, 6) is 0.0859. The molecule has 2 aliphatic rings. The number of rotatable bonds is 7. The van der Waals surface area contributed by atoms with Crippen LogP contribution in [0, 0.1) is 23.7 Å². The van der Waals surface area contributed by atoms with Crippen molar-refractivity contribution >= 4 is 17.9 Å². The maximum absolute atomic E-state index is 13.1. The Morgan fingerprint density at radius 2 is 1.83 bits per heavy atom. The van der Waals surface area contributed by atoms with E-state index in [2.05, 4.69) is 26.1 Å². The molecule has 2 rings (SSSR count). The molecule has 1 aliphatic heterocycles. The monoisotopic (exact) mass is 411 g/mol. The third kappa shape index (κ3) is 6.32. The van der Waals surface area contributed by atoms with Crippen molar-refractivity contribution in [3.8, 4) is 0 Å². The zero-order valence-corrected chi connectivity index (χ0v) is 18.5. The van der Waals surface area contributed by atoms with Crippen molar-refractivity contribution in [1.29, 1.82) is 0 Å². The summed E-state index contributed by atoms with van der Waals surface area (Å²) in [6.07, 6.45) is 0.0274. The summed E-state index contributed by atoms with van der Waals surface area (Å²) in [5.41, 5.74) is 4.61. The van der Waals surface area contributed by atoms with Gasteiger partial charge in [0.2, 0.25) is 11.8 Å². The van der Waals surface area contributed by atoms with Gasteiger partial charge in [-0.2, -0.15) is 0 Å². The van der Waals surface area contributed by atoms with Crippen molar-refractivity contribution in [1.82, 2.24) is 10.2 Å². The van der Waals surface area contributed by atoms with Crippen molar-refractivity contribution in [2.24, 2.45) is 29.4 Å². The average molecular weight is 412 g/mol. The van der Waals surface area contributed by atoms with Gasteiger partial charge in [-0.25, -0.2) is 4.79 Å². The minimum atomic E-state index is -1.45. The summed E-state index contributed by atoms with van der Waals surface area (Å²) in [4.78, 5) is 38.8. The van der Waals surface area contributed by atoms with Gasteiger partial charge < -0.3 is 20.9 Å². The third-order valence-corrected chi connectivity index (χ3v) is 6.04. The molecule has 0 spiro atoms. The van der Waals surface area contributed by atoms with Crippen LogP contribution in [0.15, 0.2) is 0 Å². The average Bonchev–Trinajstić information content (AvgIpc) is 3.09. The lowest BCUT2D eigenvalue weighted by molar-refractivity contribution is -0.131. The van der Waals surface area contributed by atoms with Crippen LogP contribution in [0.25, 0.3) is 0 Å². The molecule has 0 radical (unpaired) electrons. The number of amides is 3. The van der Waals surface area contributed by atoms with Gasteiger partial charge in [0.1, 0.15) is 11.6 Å². The Morgan fingerprint density at radius 1 is 1.24 bits per heavy atom. The van der Waals surface area contributed by atoms with Crippen molar-refractivity contribution in [3.05, 3.63) is 0 Å². The van der Waals surface area contributed by atoms with Gasteiger partial charge >= 0.3 is 6.09 Å². The van der Waals surface area contributed by atoms with Crippen molar-refractivity contribution < 1.29 is 24.2 Å². The number of nitrogens with one attached hydrogen (secondary N) is 1. The molecule has 3 unspecified atom stereocenters. The summed E-state index contributed by atoms with van der Waals surface area (Å²) >= 11 is 0. The molecule has 3 amide bonds. The van der Waals surface area contributed by atoms with E-state index in [0.717, 1.165) is 6.42 Å². The maximum atomic E-state index is 13.1. The number of hydrogen-bond acceptors (Lipinski definition) is 5. The molecule has 6 atom stereocenters. The molecular weight excluding hydrogens is 374 g/mol. The van der Waals surface area contributed by atoms with Gasteiger partial charge in [0.25, 0.3) is 0 Å². The van der Waals surface area contributed by atoms with Crippen LogP contribution in [-0.4, -0.2) is 58.2 Å². The Bertz CT molecular complexity index is 630. The summed E-state index contributed by atoms with van der Waals surface area (Å²) in [6, 6.07) is -1.45. The molecule has 1 heterocycles. The Hall–Kier alpha value is -1.83. The summed E-state index contributed by atoms with van der Waals surface area (Å²) < 4.78 is 5.49. The van der Waals surface area contributed by atoms with Crippen LogP contribution < -0.4 is 11.1 Å². The van der Waals surface area contributed by atoms with Crippen LogP contribution in [0.1, 0.15) is 60.8 Å². The second-order valence-corrected chi connectivity index (χ2v) is 10.1. The molecule has 1 aliphatic carbocycles. The first-order chi connectivity index (χ1) is 13.3. The Labute approximate surface area is 173 Å². The molecule has 8 heteroatoms. The molecule has 2 fully saturated rings. The highest BCUT2D eigenvalue weighted by Gasteiger charge is 2.44. The van der Waals surface area contributed by atoms with E-state index in [1.165, 1.54) is 4.90 Å². The predicted octanol–water partition coefficient (Wildman–Crippen LogP) is 1.65. The lowest BCUT2D eigenvalue weighted by Crippen LogP contribution is -2.55. The topological polar surface area (TPSA) is 122 Å². The van der Waals surface area contributed by atoms with E-state index in [0.29, 0.717) is 37.1 Å². The molecule has 0 aromatic heterocycles. The first kappa shape index (κ1) is 23.4. The molecule has 166 valence electrons. The number of carbonyl (C=O) groups is 3. The minimum Gasteiger partial charge on any atom is -0.444 e. The number of likely N-dealkylation sites (tertiary alicyclic amines) is 1. The van der Waals surface area contributed by atoms with Crippen LogP contribution in [0.5, 0.6) is 0 Å². The number of primary amides is 1. The van der Waals surface area contributed by atoms with E-state index in [-0.39, 0.29) is 11.8 Å². The molecule has 0 aromatic carbocycles. The van der Waals surface area contributed by atoms with Crippen LogP contribution in [0.3, 0.4) is 0 Å². The Morgan fingerprint density at radius 3 is 2.28 bits per heavy atom. The second kappa shape index (κ2) is 8.90. The first-order valence-electron chi connectivity index (χ1n) is 10.6. The van der Waals surface area contributed by atoms with E-state index in [1.54, 1.807) is 20.8 Å². The first-order valence-corrected chi connectivity index (χ1v) is 10.6. The zero-order chi connectivity index (χ0) is 22.1. The predicted molar refractivity (Wildman–Crippen MR) is 109 cm³/mol. The minimum absolute atomic E-state index is 0.168. The highest BCUT2D eigenvalue weighted by atomic mass is 16.6.